The molecule has 1 rings (SSSR count). The highest BCUT2D eigenvalue weighted by atomic mass is 35.5. The monoisotopic (exact) mass is 297 g/mol. The normalized spacial score (nSPS) is 13.5. The van der Waals surface area contributed by atoms with Gasteiger partial charge in [-0.05, 0) is 31.5 Å². The van der Waals surface area contributed by atoms with Crippen molar-refractivity contribution in [2.45, 2.75) is 31.4 Å². The Morgan fingerprint density at radius 2 is 1.89 bits per heavy atom. The maximum atomic E-state index is 12.9. The third-order valence-electron chi connectivity index (χ3n) is 2.25. The highest BCUT2D eigenvalue weighted by molar-refractivity contribution is 6.30. The van der Waals surface area contributed by atoms with Gasteiger partial charge in [-0.25, -0.2) is 4.39 Å². The lowest BCUT2D eigenvalue weighted by Crippen LogP contribution is -2.33. The van der Waals surface area contributed by atoms with Crippen molar-refractivity contribution < 1.29 is 22.4 Å². The zero-order valence-electron chi connectivity index (χ0n) is 10.2. The Labute approximate surface area is 112 Å². The molecule has 0 spiro atoms. The molecule has 1 amide bonds. The van der Waals surface area contributed by atoms with Gasteiger partial charge in [-0.3, -0.25) is 4.79 Å². The summed E-state index contributed by atoms with van der Waals surface area (Å²) in [5.41, 5.74) is -1.71. The molecule has 0 bridgehead atoms. The van der Waals surface area contributed by atoms with Gasteiger partial charge in [0.1, 0.15) is 11.2 Å². The molecule has 1 N–H and O–H groups in total. The van der Waals surface area contributed by atoms with Crippen LogP contribution in [0.5, 0.6) is 0 Å². The Hall–Kier alpha value is -1.30. The second kappa shape index (κ2) is 5.77. The summed E-state index contributed by atoms with van der Waals surface area (Å²) in [6, 6.07) is 1.77. The molecule has 1 unspecified atom stereocenters. The molecule has 2 nitrogen and oxygen atoms in total. The number of hydrogen-bond donors (Lipinski definition) is 1. The Kier molecular flexibility index (Phi) is 4.79. The number of rotatable bonds is 3. The zero-order valence-corrected chi connectivity index (χ0v) is 10.9. The van der Waals surface area contributed by atoms with E-state index >= 15 is 0 Å². The fourth-order valence-electron chi connectivity index (χ4n) is 1.49. The minimum absolute atomic E-state index is 0.261. The van der Waals surface area contributed by atoms with Crippen LogP contribution in [0.4, 0.5) is 17.6 Å². The lowest BCUT2D eigenvalue weighted by atomic mass is 10.0. The topological polar surface area (TPSA) is 29.1 Å². The fourth-order valence-corrected chi connectivity index (χ4v) is 1.75. The Bertz CT molecular complexity index is 473. The van der Waals surface area contributed by atoms with E-state index in [1.807, 2.05) is 0 Å². The minimum atomic E-state index is -4.78. The molecule has 0 aliphatic heterocycles. The molecule has 19 heavy (non-hydrogen) atoms. The van der Waals surface area contributed by atoms with Crippen LogP contribution < -0.4 is 5.32 Å². The summed E-state index contributed by atoms with van der Waals surface area (Å²) >= 11 is 5.73. The van der Waals surface area contributed by atoms with Crippen molar-refractivity contribution in [2.24, 2.45) is 0 Å². The first kappa shape index (κ1) is 15.8. The van der Waals surface area contributed by atoms with Crippen molar-refractivity contribution in [2.75, 3.05) is 0 Å². The molecule has 106 valence electrons. The highest BCUT2D eigenvalue weighted by Gasteiger charge is 2.37. The van der Waals surface area contributed by atoms with Crippen molar-refractivity contribution in [3.8, 4) is 0 Å². The molecule has 0 aliphatic carbocycles. The van der Waals surface area contributed by atoms with Gasteiger partial charge in [0, 0.05) is 6.04 Å². The van der Waals surface area contributed by atoms with Gasteiger partial charge in [0.25, 0.3) is 0 Å². The van der Waals surface area contributed by atoms with Gasteiger partial charge in [0.2, 0.25) is 5.91 Å². The molecule has 0 heterocycles. The van der Waals surface area contributed by atoms with Crippen molar-refractivity contribution in [1.29, 1.82) is 0 Å². The molecule has 0 saturated carbocycles. The number of hydrogen-bond acceptors (Lipinski definition) is 1. The molecule has 0 fully saturated rings. The fraction of sp³-hybridized carbons (Fsp3) is 0.417. The number of benzene rings is 1. The summed E-state index contributed by atoms with van der Waals surface area (Å²) in [4.78, 5) is 11.6. The van der Waals surface area contributed by atoms with E-state index in [2.05, 4.69) is 5.32 Å². The zero-order chi connectivity index (χ0) is 14.8. The maximum absolute atomic E-state index is 12.9. The predicted molar refractivity (Wildman–Crippen MR) is 63.3 cm³/mol. The van der Waals surface area contributed by atoms with E-state index in [-0.39, 0.29) is 6.04 Å². The standard InChI is InChI=1S/C12H12ClF4NO/c1-6(2)18-11(19)10(13)8-4-3-7(14)5-9(8)12(15,16)17/h3-6,10H,1-2H3,(H,18,19). The van der Waals surface area contributed by atoms with E-state index in [4.69, 9.17) is 11.6 Å². The summed E-state index contributed by atoms with van der Waals surface area (Å²) in [5.74, 6) is -1.79. The van der Waals surface area contributed by atoms with Gasteiger partial charge < -0.3 is 5.32 Å². The molecule has 1 atom stereocenters. The third-order valence-corrected chi connectivity index (χ3v) is 2.69. The van der Waals surface area contributed by atoms with Crippen molar-refractivity contribution in [3.63, 3.8) is 0 Å². The number of halogens is 5. The van der Waals surface area contributed by atoms with Crippen LogP contribution in [0.25, 0.3) is 0 Å². The molecule has 0 aliphatic rings. The van der Waals surface area contributed by atoms with E-state index in [9.17, 15) is 22.4 Å². The van der Waals surface area contributed by atoms with E-state index in [0.717, 1.165) is 12.1 Å². The molecule has 0 saturated heterocycles. The SMILES string of the molecule is CC(C)NC(=O)C(Cl)c1ccc(F)cc1C(F)(F)F. The summed E-state index contributed by atoms with van der Waals surface area (Å²) < 4.78 is 51.2. The summed E-state index contributed by atoms with van der Waals surface area (Å²) in [5, 5.41) is 0.874. The second-order valence-electron chi connectivity index (χ2n) is 4.26. The third kappa shape index (κ3) is 4.09. The number of carbonyl (C=O) groups is 1. The lowest BCUT2D eigenvalue weighted by Gasteiger charge is -2.18. The van der Waals surface area contributed by atoms with Crippen LogP contribution >= 0.6 is 11.6 Å². The number of carbonyl (C=O) groups excluding carboxylic acids is 1. The van der Waals surface area contributed by atoms with Crippen LogP contribution in [-0.4, -0.2) is 11.9 Å². The average Bonchev–Trinajstić information content (AvgIpc) is 2.25. The predicted octanol–water partition coefficient (Wildman–Crippen LogP) is 3.65. The van der Waals surface area contributed by atoms with Crippen LogP contribution in [0.1, 0.15) is 30.4 Å². The Morgan fingerprint density at radius 1 is 1.32 bits per heavy atom. The van der Waals surface area contributed by atoms with Gasteiger partial charge in [0.15, 0.2) is 0 Å². The van der Waals surface area contributed by atoms with E-state index in [1.54, 1.807) is 13.8 Å². The molecule has 1 aromatic carbocycles. The number of amides is 1. The molecular weight excluding hydrogens is 286 g/mol. The molecule has 1 aromatic rings. The average molecular weight is 298 g/mol. The maximum Gasteiger partial charge on any atom is 0.416 e. The lowest BCUT2D eigenvalue weighted by molar-refractivity contribution is -0.138. The van der Waals surface area contributed by atoms with Crippen LogP contribution in [0.3, 0.4) is 0 Å². The van der Waals surface area contributed by atoms with E-state index < -0.39 is 34.4 Å². The molecule has 0 radical (unpaired) electrons. The van der Waals surface area contributed by atoms with Gasteiger partial charge in [0.05, 0.1) is 5.56 Å². The quantitative estimate of drug-likeness (QED) is 0.670. The van der Waals surface area contributed by atoms with Crippen LogP contribution in [0.15, 0.2) is 18.2 Å². The Morgan fingerprint density at radius 3 is 2.37 bits per heavy atom. The largest absolute Gasteiger partial charge is 0.416 e. The number of nitrogens with one attached hydrogen (secondary N) is 1. The summed E-state index contributed by atoms with van der Waals surface area (Å²) in [7, 11) is 0. The van der Waals surface area contributed by atoms with Gasteiger partial charge in [-0.1, -0.05) is 6.07 Å². The van der Waals surface area contributed by atoms with Gasteiger partial charge in [-0.15, -0.1) is 11.6 Å². The highest BCUT2D eigenvalue weighted by Crippen LogP contribution is 2.37. The first-order chi connectivity index (χ1) is 8.62. The minimum Gasteiger partial charge on any atom is -0.352 e. The van der Waals surface area contributed by atoms with Crippen LogP contribution in [-0.2, 0) is 11.0 Å². The summed E-state index contributed by atoms with van der Waals surface area (Å²) in [6.45, 7) is 3.30. The smallest absolute Gasteiger partial charge is 0.352 e. The summed E-state index contributed by atoms with van der Waals surface area (Å²) in [6.07, 6.45) is -4.78. The number of alkyl halides is 4. The van der Waals surface area contributed by atoms with E-state index in [1.165, 1.54) is 0 Å². The molecule has 7 heteroatoms. The first-order valence-electron chi connectivity index (χ1n) is 5.44. The molecular formula is C12H12ClF4NO. The second-order valence-corrected chi connectivity index (χ2v) is 4.69. The van der Waals surface area contributed by atoms with Crippen LogP contribution in [0.2, 0.25) is 0 Å². The van der Waals surface area contributed by atoms with Gasteiger partial charge >= 0.3 is 6.18 Å². The molecule has 0 aromatic heterocycles. The van der Waals surface area contributed by atoms with E-state index in [0.29, 0.717) is 6.07 Å². The first-order valence-corrected chi connectivity index (χ1v) is 5.87. The van der Waals surface area contributed by atoms with Crippen molar-refractivity contribution >= 4 is 17.5 Å². The van der Waals surface area contributed by atoms with Gasteiger partial charge in [-0.2, -0.15) is 13.2 Å². The van der Waals surface area contributed by atoms with Crippen LogP contribution in [0, 0.1) is 5.82 Å². The van der Waals surface area contributed by atoms with Crippen molar-refractivity contribution in [3.05, 3.63) is 35.1 Å². The van der Waals surface area contributed by atoms with Crippen molar-refractivity contribution in [1.82, 2.24) is 5.32 Å². The Balaban J connectivity index is 3.16.